The second-order valence-electron chi connectivity index (χ2n) is 6.28. The number of aromatic amines is 1. The molecule has 0 atom stereocenters. The van der Waals surface area contributed by atoms with Gasteiger partial charge in [-0.3, -0.25) is 9.71 Å². The number of aromatic nitrogens is 2. The van der Waals surface area contributed by atoms with Crippen molar-refractivity contribution in [1.82, 2.24) is 9.97 Å². The molecule has 0 amide bonds. The molecule has 0 unspecified atom stereocenters. The molecule has 132 valence electrons. The fourth-order valence-electron chi connectivity index (χ4n) is 3.29. The van der Waals surface area contributed by atoms with Crippen LogP contribution in [0.25, 0.3) is 32.9 Å². The number of rotatable bonds is 3. The molecule has 5 nitrogen and oxygen atoms in total. The smallest absolute Gasteiger partial charge is 0.229 e. The molecule has 4 rings (SSSR count). The van der Waals surface area contributed by atoms with E-state index in [1.54, 1.807) is 12.3 Å². The molecule has 7 heteroatoms. The molecular formula is C19H16ClN3O2S. The van der Waals surface area contributed by atoms with E-state index >= 15 is 0 Å². The van der Waals surface area contributed by atoms with Crippen molar-refractivity contribution in [2.45, 2.75) is 6.92 Å². The van der Waals surface area contributed by atoms with E-state index in [0.717, 1.165) is 44.9 Å². The Morgan fingerprint density at radius 2 is 1.88 bits per heavy atom. The molecule has 0 spiro atoms. The van der Waals surface area contributed by atoms with Crippen molar-refractivity contribution in [2.24, 2.45) is 0 Å². The van der Waals surface area contributed by atoms with Crippen LogP contribution in [0.2, 0.25) is 5.02 Å². The third-order valence-corrected chi connectivity index (χ3v) is 5.11. The third kappa shape index (κ3) is 3.02. The van der Waals surface area contributed by atoms with Crippen molar-refractivity contribution < 1.29 is 8.42 Å². The molecule has 0 saturated carbocycles. The van der Waals surface area contributed by atoms with E-state index in [0.29, 0.717) is 10.7 Å². The summed E-state index contributed by atoms with van der Waals surface area (Å²) in [5.41, 5.74) is 5.32. The van der Waals surface area contributed by atoms with Crippen LogP contribution in [0.4, 0.5) is 5.69 Å². The van der Waals surface area contributed by atoms with E-state index in [4.69, 9.17) is 11.6 Å². The summed E-state index contributed by atoms with van der Waals surface area (Å²) in [6, 6.07) is 13.1. The normalized spacial score (nSPS) is 12.0. The van der Waals surface area contributed by atoms with Gasteiger partial charge < -0.3 is 4.98 Å². The number of anilines is 1. The molecule has 0 fully saturated rings. The second kappa shape index (κ2) is 6.00. The van der Waals surface area contributed by atoms with E-state index < -0.39 is 10.0 Å². The van der Waals surface area contributed by atoms with Gasteiger partial charge in [-0.05, 0) is 48.9 Å². The fourth-order valence-corrected chi connectivity index (χ4v) is 4.01. The van der Waals surface area contributed by atoms with Crippen LogP contribution in [0.15, 0.2) is 48.7 Å². The Bertz CT molecular complexity index is 1260. The quantitative estimate of drug-likeness (QED) is 0.536. The summed E-state index contributed by atoms with van der Waals surface area (Å²) in [6.45, 7) is 2.00. The molecule has 0 saturated heterocycles. The van der Waals surface area contributed by atoms with E-state index in [9.17, 15) is 8.42 Å². The Hall–Kier alpha value is -2.57. The molecule has 2 N–H and O–H groups in total. The summed E-state index contributed by atoms with van der Waals surface area (Å²) in [7, 11) is -3.34. The maximum atomic E-state index is 11.6. The molecule has 2 aromatic heterocycles. The van der Waals surface area contributed by atoms with Gasteiger partial charge in [0.25, 0.3) is 0 Å². The SMILES string of the molecule is Cc1[nH]c2ccc(NS(C)(=O)=O)cc2c1-c1ccnc2cc(Cl)ccc12. The maximum Gasteiger partial charge on any atom is 0.229 e. The molecule has 2 aromatic carbocycles. The van der Waals surface area contributed by atoms with Gasteiger partial charge in [-0.2, -0.15) is 0 Å². The number of hydrogen-bond donors (Lipinski definition) is 2. The number of H-pyrrole nitrogens is 1. The van der Waals surface area contributed by atoms with Crippen molar-refractivity contribution in [1.29, 1.82) is 0 Å². The number of nitrogens with one attached hydrogen (secondary N) is 2. The van der Waals surface area contributed by atoms with Crippen molar-refractivity contribution >= 4 is 49.1 Å². The summed E-state index contributed by atoms with van der Waals surface area (Å²) < 4.78 is 25.7. The second-order valence-corrected chi connectivity index (χ2v) is 8.46. The molecule has 2 heterocycles. The minimum absolute atomic E-state index is 0.529. The summed E-state index contributed by atoms with van der Waals surface area (Å²) in [6.07, 6.45) is 2.89. The highest BCUT2D eigenvalue weighted by Crippen LogP contribution is 2.37. The van der Waals surface area contributed by atoms with E-state index in [1.807, 2.05) is 43.3 Å². The van der Waals surface area contributed by atoms with Gasteiger partial charge in [-0.15, -0.1) is 0 Å². The van der Waals surface area contributed by atoms with E-state index in [1.165, 1.54) is 0 Å². The summed E-state index contributed by atoms with van der Waals surface area (Å²) in [5.74, 6) is 0. The fraction of sp³-hybridized carbons (Fsp3) is 0.105. The topological polar surface area (TPSA) is 74.8 Å². The van der Waals surface area contributed by atoms with Gasteiger partial charge in [0, 0.05) is 44.5 Å². The van der Waals surface area contributed by atoms with E-state index in [-0.39, 0.29) is 0 Å². The highest BCUT2D eigenvalue weighted by Gasteiger charge is 2.15. The lowest BCUT2D eigenvalue weighted by atomic mass is 9.98. The number of halogens is 1. The minimum atomic E-state index is -3.34. The lowest BCUT2D eigenvalue weighted by molar-refractivity contribution is 0.607. The first-order chi connectivity index (χ1) is 12.3. The molecule has 0 aliphatic carbocycles. The Kier molecular flexibility index (Phi) is 3.89. The van der Waals surface area contributed by atoms with Crippen LogP contribution in [0.1, 0.15) is 5.69 Å². The van der Waals surface area contributed by atoms with Gasteiger partial charge in [-0.25, -0.2) is 8.42 Å². The number of pyridine rings is 1. The average Bonchev–Trinajstić information content (AvgIpc) is 2.87. The number of fused-ring (bicyclic) bond motifs is 2. The van der Waals surface area contributed by atoms with Crippen LogP contribution in [0.5, 0.6) is 0 Å². The number of aryl methyl sites for hydroxylation is 1. The van der Waals surface area contributed by atoms with Crippen LogP contribution in [-0.4, -0.2) is 24.6 Å². The summed E-state index contributed by atoms with van der Waals surface area (Å²) in [5, 5.41) is 2.57. The van der Waals surface area contributed by atoms with Gasteiger partial charge in [0.2, 0.25) is 10.0 Å². The lowest BCUT2D eigenvalue weighted by Crippen LogP contribution is -2.09. The van der Waals surface area contributed by atoms with Crippen molar-refractivity contribution in [3.05, 3.63) is 59.4 Å². The van der Waals surface area contributed by atoms with Crippen LogP contribution in [0, 0.1) is 6.92 Å². The van der Waals surface area contributed by atoms with Gasteiger partial charge in [0.05, 0.1) is 11.8 Å². The Morgan fingerprint density at radius 3 is 2.65 bits per heavy atom. The van der Waals surface area contributed by atoms with Crippen LogP contribution >= 0.6 is 11.6 Å². The number of benzene rings is 2. The zero-order valence-corrected chi connectivity index (χ0v) is 15.7. The monoisotopic (exact) mass is 385 g/mol. The highest BCUT2D eigenvalue weighted by molar-refractivity contribution is 7.92. The number of nitrogens with zero attached hydrogens (tertiary/aromatic N) is 1. The Morgan fingerprint density at radius 1 is 1.08 bits per heavy atom. The van der Waals surface area contributed by atoms with Crippen LogP contribution < -0.4 is 4.72 Å². The third-order valence-electron chi connectivity index (χ3n) is 4.26. The van der Waals surface area contributed by atoms with E-state index in [2.05, 4.69) is 14.7 Å². The van der Waals surface area contributed by atoms with Crippen molar-refractivity contribution in [2.75, 3.05) is 11.0 Å². The molecule has 26 heavy (non-hydrogen) atoms. The van der Waals surface area contributed by atoms with Crippen LogP contribution in [-0.2, 0) is 10.0 Å². The first-order valence-electron chi connectivity index (χ1n) is 7.96. The predicted octanol–water partition coefficient (Wildman–Crippen LogP) is 4.72. The van der Waals surface area contributed by atoms with Gasteiger partial charge in [0.15, 0.2) is 0 Å². The predicted molar refractivity (Wildman–Crippen MR) is 107 cm³/mol. The maximum absolute atomic E-state index is 11.6. The molecule has 0 aliphatic rings. The first-order valence-corrected chi connectivity index (χ1v) is 10.2. The Balaban J connectivity index is 1.99. The molecule has 0 radical (unpaired) electrons. The number of hydrogen-bond acceptors (Lipinski definition) is 3. The van der Waals surface area contributed by atoms with Crippen molar-refractivity contribution in [3.63, 3.8) is 0 Å². The number of sulfonamides is 1. The highest BCUT2D eigenvalue weighted by atomic mass is 35.5. The zero-order valence-electron chi connectivity index (χ0n) is 14.2. The largest absolute Gasteiger partial charge is 0.358 e. The van der Waals surface area contributed by atoms with Gasteiger partial charge in [0.1, 0.15) is 0 Å². The minimum Gasteiger partial charge on any atom is -0.358 e. The van der Waals surface area contributed by atoms with Crippen molar-refractivity contribution in [3.8, 4) is 11.1 Å². The standard InChI is InChI=1S/C19H16ClN3O2S/c1-11-19(15-7-8-21-18-9-12(20)3-5-14(15)18)16-10-13(23-26(2,24)25)4-6-17(16)22-11/h3-10,22-23H,1-2H3. The average molecular weight is 386 g/mol. The molecule has 0 aliphatic heterocycles. The zero-order chi connectivity index (χ0) is 18.5. The lowest BCUT2D eigenvalue weighted by Gasteiger charge is -2.08. The molecule has 0 bridgehead atoms. The Labute approximate surface area is 156 Å². The van der Waals surface area contributed by atoms with Gasteiger partial charge in [-0.1, -0.05) is 17.7 Å². The summed E-state index contributed by atoms with van der Waals surface area (Å²) in [4.78, 5) is 7.77. The molecular weight excluding hydrogens is 370 g/mol. The molecule has 4 aromatic rings. The van der Waals surface area contributed by atoms with Crippen LogP contribution in [0.3, 0.4) is 0 Å². The first kappa shape index (κ1) is 16.9. The van der Waals surface area contributed by atoms with Gasteiger partial charge >= 0.3 is 0 Å². The summed E-state index contributed by atoms with van der Waals surface area (Å²) >= 11 is 6.09.